The van der Waals surface area contributed by atoms with E-state index in [1.54, 1.807) is 6.07 Å². The topological polar surface area (TPSA) is 82.2 Å². The van der Waals surface area contributed by atoms with Crippen LogP contribution in [0.1, 0.15) is 34.8 Å². The van der Waals surface area contributed by atoms with Crippen LogP contribution in [0.4, 0.5) is 20.3 Å². The Bertz CT molecular complexity index is 1120. The van der Waals surface area contributed by atoms with Crippen molar-refractivity contribution in [2.45, 2.75) is 18.8 Å². The van der Waals surface area contributed by atoms with Crippen LogP contribution in [-0.4, -0.2) is 22.1 Å². The Balaban J connectivity index is 1.62. The van der Waals surface area contributed by atoms with Crippen molar-refractivity contribution in [2.75, 3.05) is 10.6 Å². The summed E-state index contributed by atoms with van der Waals surface area (Å²) in [5.74, 6) is -1.21. The number of H-pyrrole nitrogens is 1. The lowest BCUT2D eigenvalue weighted by molar-refractivity contribution is 0.100. The van der Waals surface area contributed by atoms with E-state index in [0.717, 1.165) is 30.7 Å². The molecule has 1 aliphatic rings. The van der Waals surface area contributed by atoms with Crippen molar-refractivity contribution in [3.63, 3.8) is 0 Å². The van der Waals surface area contributed by atoms with E-state index in [9.17, 15) is 13.6 Å². The van der Waals surface area contributed by atoms with Crippen molar-refractivity contribution in [1.82, 2.24) is 10.2 Å². The number of anilines is 2. The molecule has 1 saturated carbocycles. The van der Waals surface area contributed by atoms with Gasteiger partial charge in [-0.25, -0.2) is 8.78 Å². The molecule has 0 unspecified atom stereocenters. The zero-order valence-corrected chi connectivity index (χ0v) is 16.9. The summed E-state index contributed by atoms with van der Waals surface area (Å²) in [4.78, 5) is 16.5. The van der Waals surface area contributed by atoms with Crippen LogP contribution in [0.3, 0.4) is 0 Å². The molecule has 1 fully saturated rings. The van der Waals surface area contributed by atoms with E-state index in [-0.39, 0.29) is 27.3 Å². The Kier molecular flexibility index (Phi) is 5.69. The normalized spacial score (nSPS) is 13.9. The van der Waals surface area contributed by atoms with E-state index in [1.807, 2.05) is 0 Å². The van der Waals surface area contributed by atoms with E-state index >= 15 is 0 Å². The smallest absolute Gasteiger partial charge is 0.280 e. The number of aromatic amines is 1. The average Bonchev–Trinajstić information content (AvgIpc) is 3.42. The number of hydrogen-bond acceptors (Lipinski definition) is 2. The first-order valence-corrected chi connectivity index (χ1v) is 9.76. The fourth-order valence-electron chi connectivity index (χ4n) is 2.77. The SMILES string of the molecule is O=C(/N=C(/Nc1cc(F)cc(Cl)c1)Nc1cc(C2CC2)[nH]n1)c1ccc(Cl)c(F)c1. The highest BCUT2D eigenvalue weighted by Gasteiger charge is 2.25. The Hall–Kier alpha value is -2.97. The van der Waals surface area contributed by atoms with E-state index in [0.29, 0.717) is 11.7 Å². The molecule has 0 atom stereocenters. The Morgan fingerprint density at radius 3 is 2.60 bits per heavy atom. The van der Waals surface area contributed by atoms with Crippen molar-refractivity contribution in [1.29, 1.82) is 0 Å². The summed E-state index contributed by atoms with van der Waals surface area (Å²) in [6, 6.07) is 9.22. The van der Waals surface area contributed by atoms with E-state index in [1.165, 1.54) is 24.3 Å². The van der Waals surface area contributed by atoms with Gasteiger partial charge < -0.3 is 10.6 Å². The third-order valence-electron chi connectivity index (χ3n) is 4.37. The molecule has 3 aromatic rings. The van der Waals surface area contributed by atoms with Crippen LogP contribution in [0, 0.1) is 11.6 Å². The van der Waals surface area contributed by atoms with Gasteiger partial charge >= 0.3 is 0 Å². The predicted octanol–water partition coefficient (Wildman–Crippen LogP) is 5.59. The van der Waals surface area contributed by atoms with Gasteiger partial charge in [0.05, 0.1) is 5.02 Å². The van der Waals surface area contributed by atoms with Crippen LogP contribution in [0.15, 0.2) is 47.5 Å². The van der Waals surface area contributed by atoms with Crippen molar-refractivity contribution in [2.24, 2.45) is 4.99 Å². The summed E-state index contributed by atoms with van der Waals surface area (Å²) in [5, 5.41) is 12.8. The van der Waals surface area contributed by atoms with Gasteiger partial charge in [0.25, 0.3) is 5.91 Å². The minimum Gasteiger partial charge on any atom is -0.325 e. The van der Waals surface area contributed by atoms with E-state index in [4.69, 9.17) is 23.2 Å². The molecule has 2 aromatic carbocycles. The number of carbonyl (C=O) groups excluding carboxylic acids is 1. The fraction of sp³-hybridized carbons (Fsp3) is 0.150. The molecular weight excluding hydrogens is 435 g/mol. The van der Waals surface area contributed by atoms with Crippen molar-refractivity contribution in [3.05, 3.63) is 75.4 Å². The molecule has 1 aromatic heterocycles. The molecule has 154 valence electrons. The van der Waals surface area contributed by atoms with E-state index < -0.39 is 17.5 Å². The second-order valence-electron chi connectivity index (χ2n) is 6.79. The largest absolute Gasteiger partial charge is 0.325 e. The van der Waals surface area contributed by atoms with Crippen molar-refractivity contribution in [3.8, 4) is 0 Å². The van der Waals surface area contributed by atoms with Crippen LogP contribution in [0.2, 0.25) is 10.0 Å². The van der Waals surface area contributed by atoms with Crippen LogP contribution >= 0.6 is 23.2 Å². The standard InChI is InChI=1S/C20H15Cl2F2N5O/c21-12-6-13(23)8-14(7-12)25-20(26-18-9-17(28-29-18)10-1-2-10)27-19(30)11-3-4-15(22)16(24)5-11/h3-10H,1-2H2,(H3,25,26,27,28,29,30). The second-order valence-corrected chi connectivity index (χ2v) is 7.63. The minimum absolute atomic E-state index is 0.00373. The Morgan fingerprint density at radius 2 is 1.90 bits per heavy atom. The van der Waals surface area contributed by atoms with Crippen LogP contribution in [0.5, 0.6) is 0 Å². The van der Waals surface area contributed by atoms with Crippen LogP contribution in [0.25, 0.3) is 0 Å². The molecule has 0 spiro atoms. The maximum atomic E-state index is 13.7. The number of nitrogens with one attached hydrogen (secondary N) is 3. The number of carbonyl (C=O) groups is 1. The molecule has 1 amide bonds. The molecule has 1 aliphatic carbocycles. The summed E-state index contributed by atoms with van der Waals surface area (Å²) in [5.41, 5.74) is 1.23. The van der Waals surface area contributed by atoms with Gasteiger partial charge in [0.1, 0.15) is 11.6 Å². The van der Waals surface area contributed by atoms with Gasteiger partial charge in [-0.3, -0.25) is 9.89 Å². The first kappa shape index (κ1) is 20.3. The number of benzene rings is 2. The quantitative estimate of drug-likeness (QED) is 0.358. The number of halogens is 4. The number of aliphatic imine (C=N–C) groups is 1. The third kappa shape index (κ3) is 4.95. The molecular formula is C20H15Cl2F2N5O. The molecule has 0 bridgehead atoms. The lowest BCUT2D eigenvalue weighted by atomic mass is 10.2. The average molecular weight is 450 g/mol. The molecule has 4 rings (SSSR count). The number of rotatable bonds is 4. The zero-order valence-electron chi connectivity index (χ0n) is 15.3. The first-order chi connectivity index (χ1) is 14.4. The van der Waals surface area contributed by atoms with Crippen LogP contribution in [-0.2, 0) is 0 Å². The lowest BCUT2D eigenvalue weighted by Gasteiger charge is -2.11. The summed E-state index contributed by atoms with van der Waals surface area (Å²) in [6.45, 7) is 0. The highest BCUT2D eigenvalue weighted by atomic mass is 35.5. The molecule has 0 saturated heterocycles. The van der Waals surface area contributed by atoms with Gasteiger partial charge in [-0.15, -0.1) is 0 Å². The van der Waals surface area contributed by atoms with Crippen LogP contribution < -0.4 is 10.6 Å². The summed E-state index contributed by atoms with van der Waals surface area (Å²) in [6.07, 6.45) is 2.17. The third-order valence-corrected chi connectivity index (χ3v) is 4.89. The first-order valence-electron chi connectivity index (χ1n) is 9.01. The highest BCUT2D eigenvalue weighted by molar-refractivity contribution is 6.31. The second kappa shape index (κ2) is 8.41. The van der Waals surface area contributed by atoms with E-state index in [2.05, 4.69) is 25.8 Å². The Morgan fingerprint density at radius 1 is 1.10 bits per heavy atom. The minimum atomic E-state index is -0.738. The molecule has 6 nitrogen and oxygen atoms in total. The molecule has 10 heteroatoms. The fourth-order valence-corrected chi connectivity index (χ4v) is 3.11. The van der Waals surface area contributed by atoms with Gasteiger partial charge in [-0.1, -0.05) is 23.2 Å². The van der Waals surface area contributed by atoms with Gasteiger partial charge in [-0.05, 0) is 49.2 Å². The molecule has 0 radical (unpaired) electrons. The monoisotopic (exact) mass is 449 g/mol. The van der Waals surface area contributed by atoms with Gasteiger partial charge in [0, 0.05) is 34.0 Å². The number of amides is 1. The Labute approximate surface area is 180 Å². The van der Waals surface area contributed by atoms with Crippen molar-refractivity contribution >= 4 is 46.6 Å². The van der Waals surface area contributed by atoms with Gasteiger partial charge in [0.2, 0.25) is 5.96 Å². The predicted molar refractivity (Wildman–Crippen MR) is 112 cm³/mol. The lowest BCUT2D eigenvalue weighted by Crippen LogP contribution is -2.24. The summed E-state index contributed by atoms with van der Waals surface area (Å²) >= 11 is 11.6. The molecule has 1 heterocycles. The molecule has 3 N–H and O–H groups in total. The summed E-state index contributed by atoms with van der Waals surface area (Å²) < 4.78 is 27.4. The summed E-state index contributed by atoms with van der Waals surface area (Å²) in [7, 11) is 0. The molecule has 30 heavy (non-hydrogen) atoms. The highest BCUT2D eigenvalue weighted by Crippen LogP contribution is 2.39. The van der Waals surface area contributed by atoms with Gasteiger partial charge in [0.15, 0.2) is 5.82 Å². The number of guanidine groups is 1. The maximum Gasteiger partial charge on any atom is 0.280 e. The zero-order chi connectivity index (χ0) is 21.3. The number of nitrogens with zero attached hydrogens (tertiary/aromatic N) is 2. The van der Waals surface area contributed by atoms with Gasteiger partial charge in [-0.2, -0.15) is 10.1 Å². The maximum absolute atomic E-state index is 13.7. The number of hydrogen-bond donors (Lipinski definition) is 3. The number of aromatic nitrogens is 2. The van der Waals surface area contributed by atoms with Crippen molar-refractivity contribution < 1.29 is 13.6 Å². The molecule has 0 aliphatic heterocycles.